The first-order valence-corrected chi connectivity index (χ1v) is 8.72. The zero-order valence-electron chi connectivity index (χ0n) is 16.9. The molecule has 0 spiro atoms. The zero-order chi connectivity index (χ0) is 22.3. The fourth-order valence-corrected chi connectivity index (χ4v) is 2.53. The van der Waals surface area contributed by atoms with Crippen LogP contribution in [0.4, 0.5) is 5.69 Å². The fraction of sp³-hybridized carbons (Fsp3) is 0.238. The van der Waals surface area contributed by atoms with Gasteiger partial charge in [-0.1, -0.05) is 6.07 Å². The van der Waals surface area contributed by atoms with E-state index < -0.39 is 30.4 Å². The molecule has 0 aliphatic rings. The molecular formula is C21H21NO8. The van der Waals surface area contributed by atoms with Crippen molar-refractivity contribution in [3.8, 4) is 5.75 Å². The van der Waals surface area contributed by atoms with Crippen LogP contribution >= 0.6 is 0 Å². The lowest BCUT2D eigenvalue weighted by molar-refractivity contribution is -0.119. The van der Waals surface area contributed by atoms with E-state index in [1.54, 1.807) is 12.1 Å². The van der Waals surface area contributed by atoms with E-state index >= 15 is 0 Å². The Kier molecular flexibility index (Phi) is 7.51. The number of ether oxygens (including phenoxy) is 4. The maximum Gasteiger partial charge on any atom is 0.338 e. The number of anilines is 1. The summed E-state index contributed by atoms with van der Waals surface area (Å²) in [4.78, 5) is 47.9. The van der Waals surface area contributed by atoms with Crippen molar-refractivity contribution in [2.75, 3.05) is 33.3 Å². The smallest absolute Gasteiger partial charge is 0.338 e. The first-order valence-electron chi connectivity index (χ1n) is 8.72. The fourth-order valence-electron chi connectivity index (χ4n) is 2.53. The maximum absolute atomic E-state index is 12.2. The SMILES string of the molecule is COC(=O)c1cc(NC(=O)COC(=O)c2ccc(C)c(OC)c2)cc(C(=O)OC)c1. The number of hydrogen-bond acceptors (Lipinski definition) is 8. The molecular weight excluding hydrogens is 394 g/mol. The van der Waals surface area contributed by atoms with Gasteiger partial charge in [0, 0.05) is 5.69 Å². The van der Waals surface area contributed by atoms with Crippen LogP contribution in [-0.4, -0.2) is 51.8 Å². The summed E-state index contributed by atoms with van der Waals surface area (Å²) in [6.07, 6.45) is 0. The molecule has 1 N–H and O–H groups in total. The molecule has 158 valence electrons. The van der Waals surface area contributed by atoms with Gasteiger partial charge in [-0.25, -0.2) is 14.4 Å². The Bertz CT molecular complexity index is 949. The minimum atomic E-state index is -0.706. The minimum Gasteiger partial charge on any atom is -0.496 e. The summed E-state index contributed by atoms with van der Waals surface area (Å²) >= 11 is 0. The second kappa shape index (κ2) is 10.1. The monoisotopic (exact) mass is 415 g/mol. The van der Waals surface area contributed by atoms with E-state index in [1.165, 1.54) is 45.6 Å². The Morgan fingerprint density at radius 3 is 1.93 bits per heavy atom. The van der Waals surface area contributed by atoms with Gasteiger partial charge in [0.1, 0.15) is 5.75 Å². The Balaban J connectivity index is 2.09. The van der Waals surface area contributed by atoms with E-state index in [-0.39, 0.29) is 22.4 Å². The summed E-state index contributed by atoms with van der Waals surface area (Å²) in [5.74, 6) is -2.25. The molecule has 0 aromatic heterocycles. The van der Waals surface area contributed by atoms with Crippen LogP contribution in [0.15, 0.2) is 36.4 Å². The topological polar surface area (TPSA) is 117 Å². The Labute approximate surface area is 172 Å². The van der Waals surface area contributed by atoms with Crippen molar-refractivity contribution >= 4 is 29.5 Å². The van der Waals surface area contributed by atoms with Crippen molar-refractivity contribution in [1.82, 2.24) is 0 Å². The lowest BCUT2D eigenvalue weighted by Crippen LogP contribution is -2.21. The van der Waals surface area contributed by atoms with Gasteiger partial charge >= 0.3 is 17.9 Å². The van der Waals surface area contributed by atoms with Crippen LogP contribution in [-0.2, 0) is 19.0 Å². The van der Waals surface area contributed by atoms with Crippen molar-refractivity contribution in [2.24, 2.45) is 0 Å². The molecule has 0 saturated heterocycles. The number of esters is 3. The normalized spacial score (nSPS) is 10.0. The van der Waals surface area contributed by atoms with Gasteiger partial charge in [-0.3, -0.25) is 4.79 Å². The van der Waals surface area contributed by atoms with Gasteiger partial charge in [0.25, 0.3) is 5.91 Å². The molecule has 0 unspecified atom stereocenters. The van der Waals surface area contributed by atoms with E-state index in [9.17, 15) is 19.2 Å². The van der Waals surface area contributed by atoms with Crippen LogP contribution < -0.4 is 10.1 Å². The molecule has 1 amide bonds. The van der Waals surface area contributed by atoms with E-state index in [4.69, 9.17) is 9.47 Å². The molecule has 2 rings (SSSR count). The van der Waals surface area contributed by atoms with Crippen LogP contribution in [0.5, 0.6) is 5.75 Å². The predicted octanol–water partition coefficient (Wildman–Crippen LogP) is 2.37. The Morgan fingerprint density at radius 2 is 1.40 bits per heavy atom. The number of benzene rings is 2. The average molecular weight is 415 g/mol. The summed E-state index contributed by atoms with van der Waals surface area (Å²) in [6, 6.07) is 8.69. The van der Waals surface area contributed by atoms with E-state index in [2.05, 4.69) is 14.8 Å². The van der Waals surface area contributed by atoms with Gasteiger partial charge in [0.15, 0.2) is 6.61 Å². The summed E-state index contributed by atoms with van der Waals surface area (Å²) in [5.41, 5.74) is 1.29. The highest BCUT2D eigenvalue weighted by Crippen LogP contribution is 2.20. The standard InChI is InChI=1S/C21H21NO8/c1-12-5-6-13(10-17(12)27-2)21(26)30-11-18(23)22-16-8-14(19(24)28-3)7-15(9-16)20(25)29-4/h5-10H,11H2,1-4H3,(H,22,23). The molecule has 0 aliphatic carbocycles. The number of methoxy groups -OCH3 is 3. The second-order valence-corrected chi connectivity index (χ2v) is 6.09. The third-order valence-corrected chi connectivity index (χ3v) is 4.04. The molecule has 0 radical (unpaired) electrons. The van der Waals surface area contributed by atoms with Crippen LogP contribution in [0, 0.1) is 6.92 Å². The highest BCUT2D eigenvalue weighted by molar-refractivity contribution is 6.00. The number of rotatable bonds is 7. The van der Waals surface area contributed by atoms with Crippen LogP contribution in [0.2, 0.25) is 0 Å². The van der Waals surface area contributed by atoms with Crippen molar-refractivity contribution < 1.29 is 38.1 Å². The summed E-state index contributed by atoms with van der Waals surface area (Å²) in [7, 11) is 3.85. The van der Waals surface area contributed by atoms with Gasteiger partial charge in [-0.15, -0.1) is 0 Å². The first kappa shape index (κ1) is 22.4. The summed E-state index contributed by atoms with van der Waals surface area (Å²) < 4.78 is 19.4. The molecule has 2 aromatic rings. The molecule has 0 aliphatic heterocycles. The lowest BCUT2D eigenvalue weighted by atomic mass is 10.1. The Morgan fingerprint density at radius 1 is 0.800 bits per heavy atom. The summed E-state index contributed by atoms with van der Waals surface area (Å²) in [6.45, 7) is 1.25. The minimum absolute atomic E-state index is 0.0412. The third-order valence-electron chi connectivity index (χ3n) is 4.04. The summed E-state index contributed by atoms with van der Waals surface area (Å²) in [5, 5.41) is 2.46. The van der Waals surface area contributed by atoms with Crippen LogP contribution in [0.3, 0.4) is 0 Å². The number of nitrogens with one attached hydrogen (secondary N) is 1. The lowest BCUT2D eigenvalue weighted by Gasteiger charge is -2.10. The van der Waals surface area contributed by atoms with E-state index in [0.29, 0.717) is 5.75 Å². The van der Waals surface area contributed by atoms with Gasteiger partial charge in [0.05, 0.1) is 38.0 Å². The highest BCUT2D eigenvalue weighted by Gasteiger charge is 2.16. The molecule has 9 heteroatoms. The molecule has 0 atom stereocenters. The molecule has 0 bridgehead atoms. The third kappa shape index (κ3) is 5.57. The van der Waals surface area contributed by atoms with Crippen molar-refractivity contribution in [3.05, 3.63) is 58.7 Å². The number of carbonyl (C=O) groups excluding carboxylic acids is 4. The van der Waals surface area contributed by atoms with Crippen molar-refractivity contribution in [2.45, 2.75) is 6.92 Å². The second-order valence-electron chi connectivity index (χ2n) is 6.09. The number of amides is 1. The number of aryl methyl sites for hydroxylation is 1. The predicted molar refractivity (Wildman–Crippen MR) is 106 cm³/mol. The maximum atomic E-state index is 12.2. The first-order chi connectivity index (χ1) is 14.3. The van der Waals surface area contributed by atoms with Gasteiger partial charge < -0.3 is 24.3 Å². The molecule has 2 aromatic carbocycles. The molecule has 30 heavy (non-hydrogen) atoms. The van der Waals surface area contributed by atoms with Crippen molar-refractivity contribution in [3.63, 3.8) is 0 Å². The van der Waals surface area contributed by atoms with Crippen LogP contribution in [0.1, 0.15) is 36.6 Å². The van der Waals surface area contributed by atoms with Crippen molar-refractivity contribution in [1.29, 1.82) is 0 Å². The average Bonchev–Trinajstić information content (AvgIpc) is 2.76. The molecule has 0 saturated carbocycles. The molecule has 9 nitrogen and oxygen atoms in total. The molecule has 0 fully saturated rings. The van der Waals surface area contributed by atoms with Gasteiger partial charge in [-0.2, -0.15) is 0 Å². The van der Waals surface area contributed by atoms with Gasteiger partial charge in [-0.05, 0) is 42.8 Å². The number of carbonyl (C=O) groups is 4. The quantitative estimate of drug-likeness (QED) is 0.541. The largest absolute Gasteiger partial charge is 0.496 e. The number of hydrogen-bond donors (Lipinski definition) is 1. The van der Waals surface area contributed by atoms with Gasteiger partial charge in [0.2, 0.25) is 0 Å². The Hall–Kier alpha value is -3.88. The van der Waals surface area contributed by atoms with Crippen LogP contribution in [0.25, 0.3) is 0 Å². The van der Waals surface area contributed by atoms with E-state index in [0.717, 1.165) is 5.56 Å². The molecule has 0 heterocycles. The highest BCUT2D eigenvalue weighted by atomic mass is 16.5. The zero-order valence-corrected chi connectivity index (χ0v) is 16.9. The van der Waals surface area contributed by atoms with E-state index in [1.807, 2.05) is 6.92 Å².